The van der Waals surface area contributed by atoms with Crippen molar-refractivity contribution >= 4 is 24.2 Å². The molecule has 0 saturated carbocycles. The summed E-state index contributed by atoms with van der Waals surface area (Å²) in [7, 11) is 0. The molecule has 5 nitrogen and oxygen atoms in total. The fourth-order valence-electron chi connectivity index (χ4n) is 1.24. The van der Waals surface area contributed by atoms with Gasteiger partial charge < -0.3 is 5.11 Å². The van der Waals surface area contributed by atoms with Gasteiger partial charge in [-0.1, -0.05) is 0 Å². The number of nitrogens with zero attached hydrogens (tertiary/aromatic N) is 3. The molecule has 17 heavy (non-hydrogen) atoms. The first kappa shape index (κ1) is 11.7. The van der Waals surface area contributed by atoms with Gasteiger partial charge in [-0.25, -0.2) is 14.3 Å². The molecular weight excluding hydrogens is 259 g/mol. The number of hydrogen-bond acceptors (Lipinski definition) is 4. The van der Waals surface area contributed by atoms with Crippen molar-refractivity contribution in [2.45, 2.75) is 11.2 Å². The molecule has 0 saturated heterocycles. The SMILES string of the molecule is O=C(O)c1cnn2c(S)cc(C(F)(F)F)nc12. The van der Waals surface area contributed by atoms with E-state index in [2.05, 4.69) is 22.7 Å². The molecule has 2 aromatic heterocycles. The zero-order valence-corrected chi connectivity index (χ0v) is 8.83. The number of fused-ring (bicyclic) bond motifs is 1. The minimum Gasteiger partial charge on any atom is -0.477 e. The summed E-state index contributed by atoms with van der Waals surface area (Å²) in [4.78, 5) is 14.0. The molecular formula is C8H4F3N3O2S. The second kappa shape index (κ2) is 3.62. The Balaban J connectivity index is 2.78. The monoisotopic (exact) mass is 263 g/mol. The van der Waals surface area contributed by atoms with Crippen molar-refractivity contribution in [2.75, 3.05) is 0 Å². The molecule has 0 aliphatic rings. The van der Waals surface area contributed by atoms with Gasteiger partial charge in [0.2, 0.25) is 0 Å². The van der Waals surface area contributed by atoms with E-state index in [0.29, 0.717) is 6.07 Å². The zero-order chi connectivity index (χ0) is 12.8. The van der Waals surface area contributed by atoms with Crippen molar-refractivity contribution in [2.24, 2.45) is 0 Å². The Hall–Kier alpha value is -1.77. The largest absolute Gasteiger partial charge is 0.477 e. The summed E-state index contributed by atoms with van der Waals surface area (Å²) in [6, 6.07) is 0.675. The van der Waals surface area contributed by atoms with Crippen LogP contribution in [-0.2, 0) is 6.18 Å². The quantitative estimate of drug-likeness (QED) is 0.607. The van der Waals surface area contributed by atoms with Crippen LogP contribution in [0.1, 0.15) is 16.1 Å². The van der Waals surface area contributed by atoms with Gasteiger partial charge in [0.05, 0.1) is 11.2 Å². The Bertz CT molecular complexity index is 608. The smallest absolute Gasteiger partial charge is 0.433 e. The highest BCUT2D eigenvalue weighted by Gasteiger charge is 2.34. The molecule has 2 heterocycles. The summed E-state index contributed by atoms with van der Waals surface area (Å²) in [6.45, 7) is 0. The number of carbonyl (C=O) groups is 1. The van der Waals surface area contributed by atoms with Crippen LogP contribution in [0.3, 0.4) is 0 Å². The normalized spacial score (nSPS) is 12.0. The van der Waals surface area contributed by atoms with Crippen molar-refractivity contribution in [3.63, 3.8) is 0 Å². The van der Waals surface area contributed by atoms with E-state index in [-0.39, 0.29) is 5.03 Å². The molecule has 2 rings (SSSR count). The second-order valence-corrected chi connectivity index (χ2v) is 3.55. The van der Waals surface area contributed by atoms with Crippen molar-refractivity contribution < 1.29 is 23.1 Å². The third-order valence-electron chi connectivity index (χ3n) is 1.97. The van der Waals surface area contributed by atoms with Crippen LogP contribution >= 0.6 is 12.6 Å². The lowest BCUT2D eigenvalue weighted by molar-refractivity contribution is -0.141. The van der Waals surface area contributed by atoms with Crippen LogP contribution in [0.4, 0.5) is 13.2 Å². The minimum absolute atomic E-state index is 0.144. The molecule has 0 atom stereocenters. The van der Waals surface area contributed by atoms with Crippen LogP contribution in [-0.4, -0.2) is 25.7 Å². The summed E-state index contributed by atoms with van der Waals surface area (Å²) in [5.41, 5.74) is -2.01. The number of carboxylic acid groups (broad SMARTS) is 1. The van der Waals surface area contributed by atoms with Crippen molar-refractivity contribution in [3.05, 3.63) is 23.5 Å². The van der Waals surface area contributed by atoms with Crippen LogP contribution in [0.5, 0.6) is 0 Å². The summed E-state index contributed by atoms with van der Waals surface area (Å²) in [5.74, 6) is -1.40. The van der Waals surface area contributed by atoms with Crippen molar-refractivity contribution in [1.29, 1.82) is 0 Å². The number of thiol groups is 1. The topological polar surface area (TPSA) is 67.5 Å². The zero-order valence-electron chi connectivity index (χ0n) is 7.93. The number of rotatable bonds is 1. The number of hydrogen-bond donors (Lipinski definition) is 2. The maximum Gasteiger partial charge on any atom is 0.433 e. The van der Waals surface area contributed by atoms with Gasteiger partial charge >= 0.3 is 12.1 Å². The number of halogens is 3. The van der Waals surface area contributed by atoms with Gasteiger partial charge in [0, 0.05) is 6.07 Å². The molecule has 0 radical (unpaired) electrons. The van der Waals surface area contributed by atoms with Crippen LogP contribution in [0, 0.1) is 0 Å². The molecule has 9 heteroatoms. The van der Waals surface area contributed by atoms with E-state index in [1.54, 1.807) is 0 Å². The first-order chi connectivity index (χ1) is 7.80. The fraction of sp³-hybridized carbons (Fsp3) is 0.125. The molecule has 0 amide bonds. The number of alkyl halides is 3. The highest BCUT2D eigenvalue weighted by Crippen LogP contribution is 2.29. The first-order valence-electron chi connectivity index (χ1n) is 4.19. The average Bonchev–Trinajstić information content (AvgIpc) is 2.60. The molecule has 0 fully saturated rings. The van der Waals surface area contributed by atoms with E-state index in [1.807, 2.05) is 0 Å². The standard InChI is InChI=1S/C8H4F3N3O2S/c9-8(10,11)4-1-5(17)14-6(13-4)3(2-12-14)7(15)16/h1-2,17H,(H,15,16). The van der Waals surface area contributed by atoms with E-state index in [4.69, 9.17) is 5.11 Å². The van der Waals surface area contributed by atoms with Crippen LogP contribution in [0.25, 0.3) is 5.65 Å². The molecule has 1 N–H and O–H groups in total. The lowest BCUT2D eigenvalue weighted by atomic mass is 10.3. The third-order valence-corrected chi connectivity index (χ3v) is 2.29. The Kier molecular flexibility index (Phi) is 2.49. The van der Waals surface area contributed by atoms with Gasteiger partial charge in [0.1, 0.15) is 11.3 Å². The lowest BCUT2D eigenvalue weighted by Crippen LogP contribution is -2.11. The van der Waals surface area contributed by atoms with Gasteiger partial charge in [0.15, 0.2) is 5.65 Å². The predicted octanol–water partition coefficient (Wildman–Crippen LogP) is 1.73. The van der Waals surface area contributed by atoms with Gasteiger partial charge in [0.25, 0.3) is 0 Å². The Morgan fingerprint density at radius 1 is 1.47 bits per heavy atom. The van der Waals surface area contributed by atoms with E-state index >= 15 is 0 Å². The predicted molar refractivity (Wildman–Crippen MR) is 52.2 cm³/mol. The highest BCUT2D eigenvalue weighted by atomic mass is 32.1. The summed E-state index contributed by atoms with van der Waals surface area (Å²) in [5, 5.41) is 12.2. The van der Waals surface area contributed by atoms with Gasteiger partial charge in [-0.3, -0.25) is 0 Å². The maximum atomic E-state index is 12.5. The van der Waals surface area contributed by atoms with E-state index in [9.17, 15) is 18.0 Å². The molecule has 0 aliphatic heterocycles. The highest BCUT2D eigenvalue weighted by molar-refractivity contribution is 7.80. The van der Waals surface area contributed by atoms with E-state index in [1.165, 1.54) is 0 Å². The Morgan fingerprint density at radius 2 is 2.12 bits per heavy atom. The van der Waals surface area contributed by atoms with Gasteiger partial charge in [-0.15, -0.1) is 12.6 Å². The molecule has 0 spiro atoms. The molecule has 0 unspecified atom stereocenters. The molecule has 0 aromatic carbocycles. The first-order valence-corrected chi connectivity index (χ1v) is 4.63. The van der Waals surface area contributed by atoms with Gasteiger partial charge in [-0.05, 0) is 0 Å². The van der Waals surface area contributed by atoms with Crippen LogP contribution in [0.2, 0.25) is 0 Å². The molecule has 90 valence electrons. The van der Waals surface area contributed by atoms with Gasteiger partial charge in [-0.2, -0.15) is 18.3 Å². The second-order valence-electron chi connectivity index (χ2n) is 3.10. The number of aromatic nitrogens is 3. The molecule has 0 bridgehead atoms. The number of aromatic carboxylic acids is 1. The van der Waals surface area contributed by atoms with Crippen LogP contribution in [0.15, 0.2) is 17.3 Å². The van der Waals surface area contributed by atoms with E-state index < -0.39 is 29.1 Å². The summed E-state index contributed by atoms with van der Waals surface area (Å²) < 4.78 is 38.3. The average molecular weight is 263 g/mol. The van der Waals surface area contributed by atoms with E-state index in [0.717, 1.165) is 10.7 Å². The lowest BCUT2D eigenvalue weighted by Gasteiger charge is -2.07. The van der Waals surface area contributed by atoms with Crippen molar-refractivity contribution in [1.82, 2.24) is 14.6 Å². The van der Waals surface area contributed by atoms with Crippen LogP contribution < -0.4 is 0 Å². The third kappa shape index (κ3) is 1.93. The molecule has 0 aliphatic carbocycles. The minimum atomic E-state index is -4.67. The fourth-order valence-corrected chi connectivity index (χ4v) is 1.51. The maximum absolute atomic E-state index is 12.5. The Labute approximate surface area is 97.3 Å². The summed E-state index contributed by atoms with van der Waals surface area (Å²) >= 11 is 3.80. The number of carboxylic acids is 1. The summed E-state index contributed by atoms with van der Waals surface area (Å²) in [6.07, 6.45) is -3.75. The molecule has 2 aromatic rings. The Morgan fingerprint density at radius 3 is 2.65 bits per heavy atom. The van der Waals surface area contributed by atoms with Crippen molar-refractivity contribution in [3.8, 4) is 0 Å².